The second kappa shape index (κ2) is 55.6. The fourth-order valence-corrected chi connectivity index (χ4v) is 20.9. The number of nitrogens with zero attached hydrogens (tertiary/aromatic N) is 9. The summed E-state index contributed by atoms with van der Waals surface area (Å²) in [5.74, 6) is 3.78. The Morgan fingerprint density at radius 3 is 1.21 bits per heavy atom. The number of amides is 8. The standard InChI is InChI=1S/C23H30N3O6PS.C23H28N3O6PS.C15H16N2O2.C8H14NO5PS.C6H12F3O6PS.C3H3NO2S/c2*1-4-31-33(29,32-5-2)17-26-22(27)20(34-23(26)28)16-18-9-11-19(12-10-18)30-15-14-25(3)21-8-6-7-13-24-21;1-17(15-4-2-3-9-16-15)10-11-19-14-7-5-13(12-18)6-8-14;1-3-13-15(12,14-4-2)6-9-7(10)5-16-8(9)11;1-3-13-16(10,14-4-2)5-15-17(11,12)6(7,8)9;5-2-1-7-3(6)4-2/h6-13,20H,4-5,14-17H2,1-3H3;6-13,16H,4-5,14-15,17H2,1-3H3;2-9,12H,10-11H2,1H3;3-6H2,1-2H3;3-5H2,1-2H3;1H2,(H,4,5,6)/b;20-16+;;;;. The minimum absolute atomic E-state index is 0.0943. The van der Waals surface area contributed by atoms with Crippen LogP contribution in [-0.4, -0.2) is 250 Å². The van der Waals surface area contributed by atoms with Gasteiger partial charge in [0.2, 0.25) is 17.7 Å². The number of pyridine rings is 3. The molecule has 49 heteroatoms. The number of alkyl halides is 3. The average Bonchev–Trinajstić information content (AvgIpc) is 1.75. The Morgan fingerprint density at radius 1 is 0.488 bits per heavy atom. The number of anilines is 3. The molecule has 37 nitrogen and oxygen atoms in total. The van der Waals surface area contributed by atoms with E-state index in [1.807, 2.05) is 115 Å². The van der Waals surface area contributed by atoms with Gasteiger partial charge in [-0.1, -0.05) is 77.8 Å². The molecule has 0 saturated carbocycles. The van der Waals surface area contributed by atoms with Gasteiger partial charge in [0.25, 0.3) is 26.9 Å². The molecule has 0 aliphatic carbocycles. The van der Waals surface area contributed by atoms with E-state index in [0.29, 0.717) is 56.4 Å². The first kappa shape index (κ1) is 109. The Labute approximate surface area is 752 Å². The van der Waals surface area contributed by atoms with E-state index in [-0.39, 0.29) is 99.0 Å². The number of aldehydes is 1. The fraction of sp³-hybridized carbons (Fsp3) is 0.436. The lowest BCUT2D eigenvalue weighted by molar-refractivity contribution is -0.126. The zero-order valence-corrected chi connectivity index (χ0v) is 79.1. The number of rotatable bonds is 44. The van der Waals surface area contributed by atoms with Crippen molar-refractivity contribution in [3.05, 3.63) is 168 Å². The molecule has 698 valence electrons. The van der Waals surface area contributed by atoms with Gasteiger partial charge in [0, 0.05) is 45.3 Å². The third-order valence-electron chi connectivity index (χ3n) is 16.2. The molecule has 1 N–H and O–H groups in total. The number of thioether (sulfide) groups is 4. The Bertz CT molecular complexity index is 4800. The summed E-state index contributed by atoms with van der Waals surface area (Å²) in [4.78, 5) is 126. The third kappa shape index (κ3) is 38.3. The highest BCUT2D eigenvalue weighted by atomic mass is 32.2. The van der Waals surface area contributed by atoms with Gasteiger partial charge in [-0.3, -0.25) is 85.6 Å². The minimum atomic E-state index is -5.80. The molecule has 0 radical (unpaired) electrons. The summed E-state index contributed by atoms with van der Waals surface area (Å²) < 4.78 is 167. The number of hydrogen-bond acceptors (Lipinski definition) is 37. The van der Waals surface area contributed by atoms with Gasteiger partial charge in [0.05, 0.1) is 94.2 Å². The zero-order chi connectivity index (χ0) is 93.8. The number of nitrogens with one attached hydrogen (secondary N) is 1. The minimum Gasteiger partial charge on any atom is -0.492 e. The topological polar surface area (TPSA) is 437 Å². The van der Waals surface area contributed by atoms with Crippen LogP contribution in [0.15, 0.2) is 151 Å². The van der Waals surface area contributed by atoms with E-state index in [9.17, 15) is 83.0 Å². The molecular formula is C78H103F3N10O27P4S5. The summed E-state index contributed by atoms with van der Waals surface area (Å²) in [6, 6.07) is 39.0. The Balaban J connectivity index is 0.000000285. The molecule has 6 aromatic rings. The van der Waals surface area contributed by atoms with Gasteiger partial charge in [-0.15, -0.1) is 0 Å². The van der Waals surface area contributed by atoms with Gasteiger partial charge in [-0.25, -0.2) is 15.0 Å². The summed E-state index contributed by atoms with van der Waals surface area (Å²) in [7, 11) is -14.4. The lowest BCUT2D eigenvalue weighted by atomic mass is 10.1. The van der Waals surface area contributed by atoms with Crippen molar-refractivity contribution in [1.29, 1.82) is 0 Å². The first-order chi connectivity index (χ1) is 60.4. The lowest BCUT2D eigenvalue weighted by Crippen LogP contribution is -2.33. The smallest absolute Gasteiger partial charge is 0.492 e. The van der Waals surface area contributed by atoms with Crippen molar-refractivity contribution in [2.45, 2.75) is 72.6 Å². The van der Waals surface area contributed by atoms with Crippen LogP contribution in [0.2, 0.25) is 0 Å². The highest BCUT2D eigenvalue weighted by Gasteiger charge is 2.49. The molecule has 10 rings (SSSR count). The summed E-state index contributed by atoms with van der Waals surface area (Å²) in [6.07, 6.45) is 5.71. The number of ether oxygens (including phenoxy) is 3. The zero-order valence-electron chi connectivity index (χ0n) is 71.4. The van der Waals surface area contributed by atoms with Crippen LogP contribution in [0.25, 0.3) is 6.08 Å². The van der Waals surface area contributed by atoms with E-state index in [0.717, 1.165) is 115 Å². The number of hydrogen-bond donors (Lipinski definition) is 1. The van der Waals surface area contributed by atoms with Crippen molar-refractivity contribution < 1.29 is 138 Å². The van der Waals surface area contributed by atoms with Gasteiger partial charge in [0.15, 0.2) is 6.35 Å². The SMILES string of the molecule is CCOP(=O)(CN1C(=O)CSC1=O)OCC.CCOP(=O)(CN1C(=O)S/C(=C/c2ccc(OCCN(C)c3ccccn3)cc2)C1=O)OCC.CCOP(=O)(CN1C(=O)SC(Cc2ccc(OCCN(C)c3ccccn3)cc2)C1=O)OCC.CCOP(=O)(COS(=O)(=O)C(F)(F)F)OCC.CN(CCOc1ccc(C=O)cc1)c1ccccn1.O=C1CSC(=O)N1. The summed E-state index contributed by atoms with van der Waals surface area (Å²) in [5.41, 5.74) is -3.29. The van der Waals surface area contributed by atoms with Gasteiger partial charge >= 0.3 is 46.0 Å². The van der Waals surface area contributed by atoms with Crippen molar-refractivity contribution in [3.8, 4) is 17.2 Å². The quantitative estimate of drug-likeness (QED) is 0.0122. The number of benzene rings is 3. The monoisotopic (exact) mass is 1950 g/mol. The molecule has 7 heterocycles. The van der Waals surface area contributed by atoms with E-state index in [1.54, 1.807) is 115 Å². The molecule has 1 atom stereocenters. The molecule has 0 bridgehead atoms. The van der Waals surface area contributed by atoms with Crippen LogP contribution < -0.4 is 34.2 Å². The van der Waals surface area contributed by atoms with Crippen molar-refractivity contribution in [2.24, 2.45) is 0 Å². The molecule has 4 fully saturated rings. The highest BCUT2D eigenvalue weighted by Crippen LogP contribution is 2.53. The van der Waals surface area contributed by atoms with Crippen LogP contribution in [0.4, 0.5) is 49.8 Å². The van der Waals surface area contributed by atoms with Crippen LogP contribution in [0.5, 0.6) is 17.2 Å². The molecule has 4 saturated heterocycles. The average molecular weight is 1950 g/mol. The number of carbonyl (C=O) groups excluding carboxylic acids is 9. The predicted octanol–water partition coefficient (Wildman–Crippen LogP) is 15.6. The number of aromatic nitrogens is 3. The maximum atomic E-state index is 12.8. The van der Waals surface area contributed by atoms with Gasteiger partial charge in [0.1, 0.15) is 79.7 Å². The van der Waals surface area contributed by atoms with Crippen LogP contribution in [0.1, 0.15) is 76.9 Å². The van der Waals surface area contributed by atoms with E-state index in [4.69, 9.17) is 41.4 Å². The maximum absolute atomic E-state index is 12.8. The van der Waals surface area contributed by atoms with Crippen molar-refractivity contribution in [2.75, 3.05) is 165 Å². The molecule has 4 aliphatic rings. The Morgan fingerprint density at radius 2 is 0.874 bits per heavy atom. The predicted molar refractivity (Wildman–Crippen MR) is 479 cm³/mol. The van der Waals surface area contributed by atoms with Crippen molar-refractivity contribution in [3.63, 3.8) is 0 Å². The van der Waals surface area contributed by atoms with Gasteiger partial charge in [-0.2, -0.15) is 21.6 Å². The number of imide groups is 4. The molecular weight excluding hydrogens is 1850 g/mol. The van der Waals surface area contributed by atoms with Crippen LogP contribution in [0.3, 0.4) is 0 Å². The largest absolute Gasteiger partial charge is 0.523 e. The number of carbonyl (C=O) groups is 9. The van der Waals surface area contributed by atoms with E-state index >= 15 is 0 Å². The lowest BCUT2D eigenvalue weighted by Gasteiger charge is -2.21. The normalized spacial score (nSPS) is 15.1. The Hall–Kier alpha value is -8.42. The van der Waals surface area contributed by atoms with E-state index in [1.165, 1.54) is 13.8 Å². The number of halogens is 3. The van der Waals surface area contributed by atoms with Crippen molar-refractivity contribution in [1.82, 2.24) is 35.0 Å². The molecule has 0 spiro atoms. The Kier molecular flexibility index (Phi) is 47.7. The first-order valence-electron chi connectivity index (χ1n) is 39.1. The third-order valence-corrected chi connectivity index (χ3v) is 28.6. The van der Waals surface area contributed by atoms with Gasteiger partial charge < -0.3 is 65.1 Å². The molecule has 1 unspecified atom stereocenters. The van der Waals surface area contributed by atoms with Crippen molar-refractivity contribution >= 4 is 162 Å². The fourth-order valence-electron chi connectivity index (χ4n) is 10.3. The summed E-state index contributed by atoms with van der Waals surface area (Å²) in [5, 5.41) is -0.0536. The first-order valence-corrected chi connectivity index (χ1v) is 51.1. The second-order valence-corrected chi connectivity index (χ2v) is 39.3. The molecule has 127 heavy (non-hydrogen) atoms. The second-order valence-electron chi connectivity index (χ2n) is 25.6. The van der Waals surface area contributed by atoms with E-state index < -0.39 is 85.5 Å². The van der Waals surface area contributed by atoms with Crippen LogP contribution in [0, 0.1) is 0 Å². The van der Waals surface area contributed by atoms with E-state index in [2.05, 4.69) is 33.5 Å². The highest BCUT2D eigenvalue weighted by molar-refractivity contribution is 8.18. The molecule has 3 aromatic heterocycles. The summed E-state index contributed by atoms with van der Waals surface area (Å²) >= 11 is 3.63. The van der Waals surface area contributed by atoms with Crippen LogP contribution >= 0.6 is 77.4 Å². The molecule has 3 aromatic carbocycles. The van der Waals surface area contributed by atoms with Gasteiger partial charge in [-0.05, 0) is 176 Å². The molecule has 4 aliphatic heterocycles. The summed E-state index contributed by atoms with van der Waals surface area (Å²) in [6.45, 7) is 17.3. The molecule has 8 amide bonds. The number of likely N-dealkylation sites (N-methyl/N-ethyl adjacent to an activating group) is 3. The van der Waals surface area contributed by atoms with Crippen LogP contribution in [-0.2, 0) is 94.4 Å². The maximum Gasteiger partial charge on any atom is 0.523 e.